The fourth-order valence-corrected chi connectivity index (χ4v) is 11.3. The number of benzene rings is 9. The van der Waals surface area contributed by atoms with E-state index in [1.165, 1.54) is 55.6 Å². The van der Waals surface area contributed by atoms with E-state index in [0.717, 1.165) is 67.6 Å². The maximum atomic E-state index is 7.12. The normalized spacial score (nSPS) is 14.7. The van der Waals surface area contributed by atoms with E-state index in [2.05, 4.69) is 227 Å². The fourth-order valence-electron chi connectivity index (χ4n) is 11.3. The van der Waals surface area contributed by atoms with Gasteiger partial charge in [-0.25, -0.2) is 0 Å². The Bertz CT molecular complexity index is 3180. The summed E-state index contributed by atoms with van der Waals surface area (Å²) in [6.45, 7) is 9.29. The van der Waals surface area contributed by atoms with Crippen molar-refractivity contribution < 1.29 is 9.47 Å². The number of fused-ring (bicyclic) bond motifs is 10. The number of nitrogens with zero attached hydrogens (tertiary/aromatic N) is 1. The van der Waals surface area contributed by atoms with Crippen LogP contribution in [0.15, 0.2) is 194 Å². The number of anilines is 3. The van der Waals surface area contributed by atoms with Gasteiger partial charge in [0, 0.05) is 39.8 Å². The van der Waals surface area contributed by atoms with E-state index in [4.69, 9.17) is 9.47 Å². The van der Waals surface area contributed by atoms with Crippen LogP contribution in [0.4, 0.5) is 17.1 Å². The molecule has 304 valence electrons. The van der Waals surface area contributed by atoms with Gasteiger partial charge in [0.05, 0.1) is 5.69 Å². The molecule has 9 aromatic carbocycles. The van der Waals surface area contributed by atoms with Crippen molar-refractivity contribution in [1.82, 2.24) is 0 Å². The zero-order chi connectivity index (χ0) is 42.9. The van der Waals surface area contributed by atoms with Crippen molar-refractivity contribution in [1.29, 1.82) is 0 Å². The van der Waals surface area contributed by atoms with Gasteiger partial charge in [-0.1, -0.05) is 161 Å². The smallest absolute Gasteiger partial charge is 0.260 e. The van der Waals surface area contributed by atoms with Gasteiger partial charge in [0.2, 0.25) is 0 Å². The number of ether oxygens (including phenoxy) is 2. The molecule has 2 heterocycles. The molecular weight excluding hydrogens is 777 g/mol. The second-order valence-electron chi connectivity index (χ2n) is 18.9. The second kappa shape index (κ2) is 13.5. The zero-order valence-electron chi connectivity index (χ0n) is 36.3. The van der Waals surface area contributed by atoms with Gasteiger partial charge < -0.3 is 14.4 Å². The summed E-state index contributed by atoms with van der Waals surface area (Å²) in [5, 5.41) is 0. The first kappa shape index (κ1) is 37.0. The standard InChI is InChI=1S/C60H44BNO2/c1-59(2)48-21-13-11-19-44(48)46-27-23-37(31-50(46)59)39-25-29-52-54(33-39)63-56-35-43(62(41-15-7-5-8-16-41)42-17-9-6-10-18-42)36-57-58(56)61(52)53-30-26-40(34-55(53)64-57)38-24-28-47-45-20-12-14-22-49(45)60(3,4)51(47)32-38/h5-36H,1-4H3. The van der Waals surface area contributed by atoms with Crippen molar-refractivity contribution >= 4 is 40.2 Å². The molecule has 0 unspecified atom stereocenters. The maximum Gasteiger partial charge on any atom is 0.260 e. The Morgan fingerprint density at radius 1 is 0.344 bits per heavy atom. The number of rotatable bonds is 5. The Balaban J connectivity index is 0.962. The van der Waals surface area contributed by atoms with Crippen LogP contribution in [0.5, 0.6) is 23.0 Å². The lowest BCUT2D eigenvalue weighted by atomic mass is 9.34. The van der Waals surface area contributed by atoms with Gasteiger partial charge in [-0.05, 0) is 126 Å². The van der Waals surface area contributed by atoms with E-state index in [1.807, 2.05) is 0 Å². The SMILES string of the molecule is CC1(C)c2ccccc2-c2ccc(-c3ccc4c(c3)Oc3cc(N(c5ccccc5)c5ccccc5)cc5c3B4c3ccc(-c4ccc6c(c4)C(C)(C)c4ccccc4-6)cc3O5)cc21. The Morgan fingerprint density at radius 2 is 0.734 bits per heavy atom. The van der Waals surface area contributed by atoms with Crippen LogP contribution in [0.3, 0.4) is 0 Å². The molecular formula is C60H44BNO2. The monoisotopic (exact) mass is 821 g/mol. The molecule has 4 aliphatic rings. The highest BCUT2D eigenvalue weighted by Gasteiger charge is 2.42. The molecule has 0 fully saturated rings. The van der Waals surface area contributed by atoms with Crippen LogP contribution in [-0.2, 0) is 10.8 Å². The van der Waals surface area contributed by atoms with E-state index in [1.54, 1.807) is 0 Å². The van der Waals surface area contributed by atoms with Crippen molar-refractivity contribution in [2.24, 2.45) is 0 Å². The van der Waals surface area contributed by atoms with Crippen molar-refractivity contribution in [2.75, 3.05) is 4.90 Å². The van der Waals surface area contributed by atoms with Crippen LogP contribution in [0.1, 0.15) is 49.9 Å². The summed E-state index contributed by atoms with van der Waals surface area (Å²) in [6.07, 6.45) is 0. The largest absolute Gasteiger partial charge is 0.458 e. The quantitative estimate of drug-likeness (QED) is 0.161. The summed E-state index contributed by atoms with van der Waals surface area (Å²) < 4.78 is 14.2. The van der Waals surface area contributed by atoms with Crippen LogP contribution in [0.25, 0.3) is 44.5 Å². The van der Waals surface area contributed by atoms with E-state index in [0.29, 0.717) is 0 Å². The van der Waals surface area contributed by atoms with E-state index in [9.17, 15) is 0 Å². The Kier molecular flexibility index (Phi) is 7.80. The molecule has 0 atom stereocenters. The van der Waals surface area contributed by atoms with Gasteiger partial charge in [-0.2, -0.15) is 0 Å². The molecule has 0 radical (unpaired) electrons. The third-order valence-electron chi connectivity index (χ3n) is 14.6. The van der Waals surface area contributed by atoms with Gasteiger partial charge in [0.25, 0.3) is 6.71 Å². The molecule has 0 N–H and O–H groups in total. The van der Waals surface area contributed by atoms with Gasteiger partial charge in [0.15, 0.2) is 0 Å². The minimum absolute atomic E-state index is 0.0848. The summed E-state index contributed by atoms with van der Waals surface area (Å²) in [4.78, 5) is 2.28. The third-order valence-corrected chi connectivity index (χ3v) is 14.6. The highest BCUT2D eigenvalue weighted by molar-refractivity contribution is 6.98. The Morgan fingerprint density at radius 3 is 1.20 bits per heavy atom. The number of para-hydroxylation sites is 2. The molecule has 4 heteroatoms. The highest BCUT2D eigenvalue weighted by Crippen LogP contribution is 2.52. The van der Waals surface area contributed by atoms with Crippen molar-refractivity contribution in [2.45, 2.75) is 38.5 Å². The van der Waals surface area contributed by atoms with Gasteiger partial charge in [-0.3, -0.25) is 0 Å². The molecule has 64 heavy (non-hydrogen) atoms. The number of hydrogen-bond acceptors (Lipinski definition) is 3. The van der Waals surface area contributed by atoms with E-state index >= 15 is 0 Å². The fraction of sp³-hybridized carbons (Fsp3) is 0.100. The molecule has 9 aromatic rings. The zero-order valence-corrected chi connectivity index (χ0v) is 36.3. The predicted octanol–water partition coefficient (Wildman–Crippen LogP) is 13.8. The lowest BCUT2D eigenvalue weighted by Crippen LogP contribution is -2.57. The van der Waals surface area contributed by atoms with Crippen molar-refractivity contribution in [3.8, 4) is 67.5 Å². The Labute approximate surface area is 375 Å². The minimum atomic E-state index is -0.0899. The molecule has 0 aromatic heterocycles. The number of hydrogen-bond donors (Lipinski definition) is 0. The average Bonchev–Trinajstić information content (AvgIpc) is 3.70. The molecule has 2 aliphatic carbocycles. The molecule has 3 nitrogen and oxygen atoms in total. The third kappa shape index (κ3) is 5.35. The summed E-state index contributed by atoms with van der Waals surface area (Å²) >= 11 is 0. The molecule has 0 spiro atoms. The summed E-state index contributed by atoms with van der Waals surface area (Å²) in [5.74, 6) is 3.34. The topological polar surface area (TPSA) is 21.7 Å². The molecule has 0 saturated carbocycles. The second-order valence-corrected chi connectivity index (χ2v) is 18.9. The summed E-state index contributed by atoms with van der Waals surface area (Å²) in [7, 11) is 0. The minimum Gasteiger partial charge on any atom is -0.458 e. The molecule has 0 bridgehead atoms. The lowest BCUT2D eigenvalue weighted by molar-refractivity contribution is 0.465. The summed E-state index contributed by atoms with van der Waals surface area (Å²) in [5.41, 5.74) is 21.6. The summed E-state index contributed by atoms with van der Waals surface area (Å²) in [6, 6.07) is 70.7. The van der Waals surface area contributed by atoms with Crippen LogP contribution >= 0.6 is 0 Å². The van der Waals surface area contributed by atoms with Crippen LogP contribution in [0.2, 0.25) is 0 Å². The first-order valence-corrected chi connectivity index (χ1v) is 22.4. The molecule has 13 rings (SSSR count). The Hall–Kier alpha value is -7.56. The van der Waals surface area contributed by atoms with Gasteiger partial charge >= 0.3 is 0 Å². The average molecular weight is 822 g/mol. The van der Waals surface area contributed by atoms with Gasteiger partial charge in [-0.15, -0.1) is 0 Å². The maximum absolute atomic E-state index is 7.12. The highest BCUT2D eigenvalue weighted by atomic mass is 16.5. The van der Waals surface area contributed by atoms with E-state index < -0.39 is 0 Å². The first-order chi connectivity index (χ1) is 31.2. The molecule has 2 aliphatic heterocycles. The molecule has 0 saturated heterocycles. The van der Waals surface area contributed by atoms with Crippen LogP contribution in [-0.4, -0.2) is 6.71 Å². The molecule has 0 amide bonds. The predicted molar refractivity (Wildman–Crippen MR) is 265 cm³/mol. The van der Waals surface area contributed by atoms with Crippen LogP contribution in [0, 0.1) is 0 Å². The van der Waals surface area contributed by atoms with Crippen molar-refractivity contribution in [3.63, 3.8) is 0 Å². The first-order valence-electron chi connectivity index (χ1n) is 22.4. The lowest BCUT2D eigenvalue weighted by Gasteiger charge is -2.35. The van der Waals surface area contributed by atoms with E-state index in [-0.39, 0.29) is 17.5 Å². The van der Waals surface area contributed by atoms with Gasteiger partial charge in [0.1, 0.15) is 23.0 Å². The van der Waals surface area contributed by atoms with Crippen molar-refractivity contribution in [3.05, 3.63) is 216 Å². The van der Waals surface area contributed by atoms with Crippen LogP contribution < -0.4 is 30.8 Å².